The summed E-state index contributed by atoms with van der Waals surface area (Å²) in [6, 6.07) is 9.19. The van der Waals surface area contributed by atoms with Crippen LogP contribution in [0.5, 0.6) is 5.75 Å². The van der Waals surface area contributed by atoms with Crippen molar-refractivity contribution in [3.05, 3.63) is 59.5 Å². The fourth-order valence-corrected chi connectivity index (χ4v) is 6.99. The van der Waals surface area contributed by atoms with Crippen LogP contribution in [0.3, 0.4) is 0 Å². The van der Waals surface area contributed by atoms with Crippen molar-refractivity contribution in [3.63, 3.8) is 0 Å². The van der Waals surface area contributed by atoms with E-state index in [0.29, 0.717) is 51.3 Å². The van der Waals surface area contributed by atoms with E-state index in [1.165, 1.54) is 5.56 Å². The number of ether oxygens (including phenoxy) is 2. The van der Waals surface area contributed by atoms with E-state index in [4.69, 9.17) is 9.47 Å². The Bertz CT molecular complexity index is 1370. The van der Waals surface area contributed by atoms with Crippen molar-refractivity contribution in [2.45, 2.75) is 37.1 Å². The molecule has 0 unspecified atom stereocenters. The molecule has 2 amide bonds. The maximum atomic E-state index is 14.0. The van der Waals surface area contributed by atoms with E-state index in [9.17, 15) is 14.7 Å². The van der Waals surface area contributed by atoms with Gasteiger partial charge in [0.15, 0.2) is 0 Å². The Kier molecular flexibility index (Phi) is 6.81. The van der Waals surface area contributed by atoms with Gasteiger partial charge < -0.3 is 28.9 Å². The zero-order valence-corrected chi connectivity index (χ0v) is 22.6. The molecule has 3 aromatic rings. The van der Waals surface area contributed by atoms with Gasteiger partial charge in [0.25, 0.3) is 5.91 Å². The molecule has 2 saturated heterocycles. The molecular weight excluding hydrogens is 496 g/mol. The molecule has 1 aromatic carbocycles. The number of methoxy groups -OCH3 is 1. The zero-order chi connectivity index (χ0) is 27.1. The SMILES string of the molecule is COc1ccc2c3c(n(C)c2c1)[C@H](CO)N(C(=O)C1CCOCC1)CC31CCN(C(=O)c2ccncc2)CC1. The highest BCUT2D eigenvalue weighted by Crippen LogP contribution is 2.50. The molecule has 3 aliphatic rings. The summed E-state index contributed by atoms with van der Waals surface area (Å²) in [5.74, 6) is 0.771. The number of aliphatic hydroxyl groups excluding tert-OH is 1. The van der Waals surface area contributed by atoms with Gasteiger partial charge in [0, 0.05) is 86.3 Å². The number of likely N-dealkylation sites (tertiary alicyclic amines) is 1. The normalized spacial score (nSPS) is 21.3. The third-order valence-electron chi connectivity index (χ3n) is 9.11. The minimum Gasteiger partial charge on any atom is -0.497 e. The maximum Gasteiger partial charge on any atom is 0.253 e. The molecule has 3 aliphatic heterocycles. The topological polar surface area (TPSA) is 97.1 Å². The molecule has 0 bridgehead atoms. The van der Waals surface area contributed by atoms with Crippen LogP contribution >= 0.6 is 0 Å². The summed E-state index contributed by atoms with van der Waals surface area (Å²) >= 11 is 0. The van der Waals surface area contributed by atoms with Gasteiger partial charge in [-0.25, -0.2) is 0 Å². The van der Waals surface area contributed by atoms with E-state index < -0.39 is 6.04 Å². The Morgan fingerprint density at radius 2 is 1.85 bits per heavy atom. The molecule has 2 aromatic heterocycles. The lowest BCUT2D eigenvalue weighted by Crippen LogP contribution is -2.57. The number of piperidine rings is 1. The summed E-state index contributed by atoms with van der Waals surface area (Å²) in [5, 5.41) is 11.8. The first kappa shape index (κ1) is 25.8. The average molecular weight is 533 g/mol. The van der Waals surface area contributed by atoms with Crippen LogP contribution in [0.25, 0.3) is 10.9 Å². The highest BCUT2D eigenvalue weighted by Gasteiger charge is 2.50. The van der Waals surface area contributed by atoms with Gasteiger partial charge in [-0.05, 0) is 55.5 Å². The van der Waals surface area contributed by atoms with Crippen molar-refractivity contribution in [1.82, 2.24) is 19.4 Å². The van der Waals surface area contributed by atoms with Gasteiger partial charge in [0.1, 0.15) is 5.75 Å². The molecule has 1 N–H and O–H groups in total. The van der Waals surface area contributed by atoms with Crippen LogP contribution in [-0.2, 0) is 22.0 Å². The van der Waals surface area contributed by atoms with Gasteiger partial charge >= 0.3 is 0 Å². The van der Waals surface area contributed by atoms with Crippen molar-refractivity contribution in [2.24, 2.45) is 13.0 Å². The number of rotatable bonds is 4. The Morgan fingerprint density at radius 3 is 2.51 bits per heavy atom. The lowest BCUT2D eigenvalue weighted by atomic mass is 9.68. The van der Waals surface area contributed by atoms with Crippen LogP contribution in [0.1, 0.15) is 53.3 Å². The second kappa shape index (κ2) is 10.3. The highest BCUT2D eigenvalue weighted by molar-refractivity contribution is 5.94. The predicted molar refractivity (Wildman–Crippen MR) is 146 cm³/mol. The molecule has 6 rings (SSSR count). The van der Waals surface area contributed by atoms with Crippen molar-refractivity contribution >= 4 is 22.7 Å². The lowest BCUT2D eigenvalue weighted by molar-refractivity contribution is -0.145. The smallest absolute Gasteiger partial charge is 0.253 e. The Hall–Kier alpha value is -3.43. The van der Waals surface area contributed by atoms with E-state index in [-0.39, 0.29) is 29.8 Å². The summed E-state index contributed by atoms with van der Waals surface area (Å²) in [6.45, 7) is 2.75. The van der Waals surface area contributed by atoms with E-state index >= 15 is 0 Å². The fraction of sp³-hybridized carbons (Fsp3) is 0.500. The Labute approximate surface area is 228 Å². The predicted octanol–water partition coefficient (Wildman–Crippen LogP) is 3.06. The molecule has 2 fully saturated rings. The van der Waals surface area contributed by atoms with Crippen molar-refractivity contribution in [2.75, 3.05) is 46.6 Å². The zero-order valence-electron chi connectivity index (χ0n) is 22.6. The minimum atomic E-state index is -0.430. The number of aryl methyl sites for hydroxylation is 1. The van der Waals surface area contributed by atoms with E-state index in [2.05, 4.69) is 15.6 Å². The molecule has 9 heteroatoms. The summed E-state index contributed by atoms with van der Waals surface area (Å²) in [7, 11) is 3.67. The van der Waals surface area contributed by atoms with E-state index in [1.807, 2.05) is 29.0 Å². The number of benzene rings is 1. The third kappa shape index (κ3) is 4.28. The Balaban J connectivity index is 1.42. The number of nitrogens with zero attached hydrogens (tertiary/aromatic N) is 4. The molecule has 0 aliphatic carbocycles. The number of aliphatic hydroxyl groups is 1. The average Bonchev–Trinajstić information content (AvgIpc) is 3.30. The molecular formula is C30H36N4O5. The number of amides is 2. The van der Waals surface area contributed by atoms with Gasteiger partial charge in [-0.2, -0.15) is 0 Å². The number of carbonyl (C=O) groups excluding carboxylic acids is 2. The largest absolute Gasteiger partial charge is 0.497 e. The molecule has 1 spiro atoms. The van der Waals surface area contributed by atoms with Crippen LogP contribution in [0.4, 0.5) is 0 Å². The van der Waals surface area contributed by atoms with Crippen LogP contribution in [0.15, 0.2) is 42.7 Å². The van der Waals surface area contributed by atoms with Gasteiger partial charge in [0.05, 0.1) is 25.3 Å². The molecule has 0 radical (unpaired) electrons. The monoisotopic (exact) mass is 532 g/mol. The van der Waals surface area contributed by atoms with E-state index in [0.717, 1.165) is 35.2 Å². The standard InChI is InChI=1S/C30H36N4O5/c1-32-24-17-22(38-2)3-4-23(24)26-27(32)25(18-35)34(29(37)21-7-15-39-16-8-21)19-30(26)9-13-33(14-10-30)28(36)20-5-11-31-12-6-20/h3-6,11-12,17,21,25,35H,7-10,13-16,18-19H2,1-2H3/t25-/m0/s1. The van der Waals surface area contributed by atoms with Crippen molar-refractivity contribution in [3.8, 4) is 5.75 Å². The molecule has 5 heterocycles. The number of fused-ring (bicyclic) bond motifs is 4. The highest BCUT2D eigenvalue weighted by atomic mass is 16.5. The first-order valence-electron chi connectivity index (χ1n) is 13.8. The van der Waals surface area contributed by atoms with Crippen LogP contribution in [0.2, 0.25) is 0 Å². The molecule has 1 atom stereocenters. The van der Waals surface area contributed by atoms with Gasteiger partial charge in [-0.1, -0.05) is 0 Å². The van der Waals surface area contributed by atoms with Crippen molar-refractivity contribution < 1.29 is 24.2 Å². The van der Waals surface area contributed by atoms with Crippen LogP contribution < -0.4 is 4.74 Å². The first-order chi connectivity index (χ1) is 19.0. The summed E-state index contributed by atoms with van der Waals surface area (Å²) in [5.41, 5.74) is 3.52. The third-order valence-corrected chi connectivity index (χ3v) is 9.11. The number of hydrogen-bond donors (Lipinski definition) is 1. The Morgan fingerprint density at radius 1 is 1.13 bits per heavy atom. The number of pyridine rings is 1. The number of hydrogen-bond acceptors (Lipinski definition) is 6. The maximum absolute atomic E-state index is 14.0. The summed E-state index contributed by atoms with van der Waals surface area (Å²) < 4.78 is 13.2. The quantitative estimate of drug-likeness (QED) is 0.555. The summed E-state index contributed by atoms with van der Waals surface area (Å²) in [6.07, 6.45) is 6.16. The molecule has 9 nitrogen and oxygen atoms in total. The second-order valence-corrected chi connectivity index (χ2v) is 11.1. The fourth-order valence-electron chi connectivity index (χ4n) is 6.99. The van der Waals surface area contributed by atoms with Crippen LogP contribution in [0, 0.1) is 5.92 Å². The lowest BCUT2D eigenvalue weighted by Gasteiger charge is -2.51. The van der Waals surface area contributed by atoms with Gasteiger partial charge in [0.2, 0.25) is 5.91 Å². The molecule has 0 saturated carbocycles. The van der Waals surface area contributed by atoms with Crippen LogP contribution in [-0.4, -0.2) is 82.8 Å². The number of carbonyl (C=O) groups is 2. The second-order valence-electron chi connectivity index (χ2n) is 11.1. The van der Waals surface area contributed by atoms with Gasteiger partial charge in [-0.15, -0.1) is 0 Å². The summed E-state index contributed by atoms with van der Waals surface area (Å²) in [4.78, 5) is 35.1. The van der Waals surface area contributed by atoms with Crippen molar-refractivity contribution in [1.29, 1.82) is 0 Å². The molecule has 206 valence electrons. The van der Waals surface area contributed by atoms with Gasteiger partial charge in [-0.3, -0.25) is 14.6 Å². The number of aromatic nitrogens is 2. The van der Waals surface area contributed by atoms with E-state index in [1.54, 1.807) is 31.6 Å². The first-order valence-corrected chi connectivity index (χ1v) is 13.8. The minimum absolute atomic E-state index is 0.00862. The molecule has 39 heavy (non-hydrogen) atoms.